The van der Waals surface area contributed by atoms with E-state index >= 15 is 0 Å². The van der Waals surface area contributed by atoms with Gasteiger partial charge in [0.1, 0.15) is 11.2 Å². The summed E-state index contributed by atoms with van der Waals surface area (Å²) >= 11 is 0. The summed E-state index contributed by atoms with van der Waals surface area (Å²) in [5.74, 6) is 0.0628. The van der Waals surface area contributed by atoms with Crippen molar-refractivity contribution in [2.75, 3.05) is 33.9 Å². The van der Waals surface area contributed by atoms with E-state index in [1.165, 1.54) is 0 Å². The third-order valence-corrected chi connectivity index (χ3v) is 3.96. The maximum absolute atomic E-state index is 11.6. The third-order valence-electron chi connectivity index (χ3n) is 3.96. The number of hydrogen-bond donors (Lipinski definition) is 1. The topological polar surface area (TPSA) is 59.0 Å². The summed E-state index contributed by atoms with van der Waals surface area (Å²) in [4.78, 5) is 13.7. The third kappa shape index (κ3) is 3.95. The molecule has 21 heavy (non-hydrogen) atoms. The van der Waals surface area contributed by atoms with Crippen LogP contribution in [-0.4, -0.2) is 49.9 Å². The van der Waals surface area contributed by atoms with Gasteiger partial charge >= 0.3 is 5.97 Å². The van der Waals surface area contributed by atoms with Crippen LogP contribution >= 0.6 is 0 Å². The largest absolute Gasteiger partial charge is 0.497 e. The normalized spacial score (nSPS) is 22.2. The first kappa shape index (κ1) is 15.8. The lowest BCUT2D eigenvalue weighted by Gasteiger charge is -2.36. The van der Waals surface area contributed by atoms with Gasteiger partial charge in [-0.2, -0.15) is 0 Å². The SMILES string of the molecule is COc1ccc(CN(C)CC2(C(=O)O)CCCOC2)cc1. The van der Waals surface area contributed by atoms with Crippen LogP contribution in [0, 0.1) is 5.41 Å². The molecule has 0 spiro atoms. The molecule has 0 saturated carbocycles. The van der Waals surface area contributed by atoms with Crippen molar-refractivity contribution in [3.63, 3.8) is 0 Å². The summed E-state index contributed by atoms with van der Waals surface area (Å²) < 4.78 is 10.5. The molecule has 0 radical (unpaired) electrons. The number of benzene rings is 1. The highest BCUT2D eigenvalue weighted by Gasteiger charge is 2.41. The molecular weight excluding hydrogens is 270 g/mol. The van der Waals surface area contributed by atoms with Crippen molar-refractivity contribution in [3.8, 4) is 5.75 Å². The number of nitrogens with zero attached hydrogens (tertiary/aromatic N) is 1. The standard InChI is InChI=1S/C16H23NO4/c1-17(10-13-4-6-14(20-2)7-5-13)11-16(15(18)19)8-3-9-21-12-16/h4-7H,3,8-12H2,1-2H3,(H,18,19). The second kappa shape index (κ2) is 6.91. The number of carboxylic acids is 1. The Kier molecular flexibility index (Phi) is 5.20. The number of aliphatic carboxylic acids is 1. The van der Waals surface area contributed by atoms with E-state index in [-0.39, 0.29) is 0 Å². The Labute approximate surface area is 125 Å². The van der Waals surface area contributed by atoms with E-state index in [0.717, 1.165) is 17.7 Å². The van der Waals surface area contributed by atoms with Gasteiger partial charge in [0.2, 0.25) is 0 Å². The van der Waals surface area contributed by atoms with E-state index in [1.807, 2.05) is 36.2 Å². The zero-order valence-corrected chi connectivity index (χ0v) is 12.7. The second-order valence-electron chi connectivity index (χ2n) is 5.76. The minimum absolute atomic E-state index is 0.301. The molecule has 1 aromatic carbocycles. The van der Waals surface area contributed by atoms with E-state index < -0.39 is 11.4 Å². The highest BCUT2D eigenvalue weighted by molar-refractivity contribution is 5.75. The maximum atomic E-state index is 11.6. The molecule has 1 aromatic rings. The molecule has 0 amide bonds. The number of methoxy groups -OCH3 is 1. The van der Waals surface area contributed by atoms with Gasteiger partial charge in [-0.25, -0.2) is 0 Å². The molecule has 1 aliphatic heterocycles. The van der Waals surface area contributed by atoms with Gasteiger partial charge in [-0.15, -0.1) is 0 Å². The summed E-state index contributed by atoms with van der Waals surface area (Å²) in [6.07, 6.45) is 1.48. The number of carbonyl (C=O) groups is 1. The highest BCUT2D eigenvalue weighted by atomic mass is 16.5. The molecule has 2 rings (SSSR count). The zero-order chi connectivity index (χ0) is 15.3. The van der Waals surface area contributed by atoms with E-state index in [2.05, 4.69) is 0 Å². The molecule has 1 heterocycles. The summed E-state index contributed by atoms with van der Waals surface area (Å²) in [6.45, 7) is 2.17. The molecular formula is C16H23NO4. The molecule has 1 atom stereocenters. The van der Waals surface area contributed by atoms with Gasteiger partial charge in [0.05, 0.1) is 13.7 Å². The van der Waals surface area contributed by atoms with Crippen molar-refractivity contribution in [1.29, 1.82) is 0 Å². The van der Waals surface area contributed by atoms with Gasteiger partial charge in [-0.1, -0.05) is 12.1 Å². The van der Waals surface area contributed by atoms with E-state index in [4.69, 9.17) is 9.47 Å². The first-order valence-corrected chi connectivity index (χ1v) is 7.18. The predicted molar refractivity (Wildman–Crippen MR) is 79.4 cm³/mol. The fourth-order valence-electron chi connectivity index (χ4n) is 2.83. The first-order chi connectivity index (χ1) is 10.1. The fraction of sp³-hybridized carbons (Fsp3) is 0.562. The number of hydrogen-bond acceptors (Lipinski definition) is 4. The Bertz CT molecular complexity index is 466. The molecule has 0 bridgehead atoms. The first-order valence-electron chi connectivity index (χ1n) is 7.18. The van der Waals surface area contributed by atoms with Crippen molar-refractivity contribution in [3.05, 3.63) is 29.8 Å². The molecule has 0 aromatic heterocycles. The van der Waals surface area contributed by atoms with Crippen LogP contribution in [0.1, 0.15) is 18.4 Å². The van der Waals surface area contributed by atoms with Gasteiger partial charge in [0.15, 0.2) is 0 Å². The van der Waals surface area contributed by atoms with Crippen molar-refractivity contribution < 1.29 is 19.4 Å². The molecule has 5 heteroatoms. The number of ether oxygens (including phenoxy) is 2. The van der Waals surface area contributed by atoms with Crippen LogP contribution in [0.25, 0.3) is 0 Å². The number of rotatable bonds is 6. The van der Waals surface area contributed by atoms with Crippen LogP contribution < -0.4 is 4.74 Å². The Morgan fingerprint density at radius 2 is 2.14 bits per heavy atom. The minimum Gasteiger partial charge on any atom is -0.497 e. The smallest absolute Gasteiger partial charge is 0.313 e. The van der Waals surface area contributed by atoms with Crippen LogP contribution in [0.5, 0.6) is 5.75 Å². The van der Waals surface area contributed by atoms with E-state index in [9.17, 15) is 9.90 Å². The molecule has 116 valence electrons. The summed E-state index contributed by atoms with van der Waals surface area (Å²) in [5.41, 5.74) is 0.356. The lowest BCUT2D eigenvalue weighted by molar-refractivity contribution is -0.159. The number of carboxylic acid groups (broad SMARTS) is 1. The lowest BCUT2D eigenvalue weighted by atomic mass is 9.82. The zero-order valence-electron chi connectivity index (χ0n) is 12.7. The van der Waals surface area contributed by atoms with Crippen LogP contribution in [0.3, 0.4) is 0 Å². The summed E-state index contributed by atoms with van der Waals surface area (Å²) in [7, 11) is 3.59. The highest BCUT2D eigenvalue weighted by Crippen LogP contribution is 2.30. The molecule has 1 aliphatic rings. The molecule has 0 aliphatic carbocycles. The van der Waals surface area contributed by atoms with Crippen LogP contribution in [0.2, 0.25) is 0 Å². The summed E-state index contributed by atoms with van der Waals surface area (Å²) in [5, 5.41) is 9.55. The Hall–Kier alpha value is -1.59. The van der Waals surface area contributed by atoms with Crippen molar-refractivity contribution in [2.24, 2.45) is 5.41 Å². The van der Waals surface area contributed by atoms with E-state index in [1.54, 1.807) is 7.11 Å². The molecule has 1 N–H and O–H groups in total. The molecule has 1 saturated heterocycles. The average Bonchev–Trinajstić information content (AvgIpc) is 2.48. The van der Waals surface area contributed by atoms with Gasteiger partial charge in [0.25, 0.3) is 0 Å². The van der Waals surface area contributed by atoms with Crippen LogP contribution in [-0.2, 0) is 16.1 Å². The quantitative estimate of drug-likeness (QED) is 0.869. The average molecular weight is 293 g/mol. The fourth-order valence-corrected chi connectivity index (χ4v) is 2.83. The lowest BCUT2D eigenvalue weighted by Crippen LogP contribution is -2.47. The van der Waals surface area contributed by atoms with Crippen molar-refractivity contribution in [1.82, 2.24) is 4.90 Å². The Morgan fingerprint density at radius 1 is 1.43 bits per heavy atom. The second-order valence-corrected chi connectivity index (χ2v) is 5.76. The minimum atomic E-state index is -0.778. The molecule has 1 fully saturated rings. The van der Waals surface area contributed by atoms with Crippen molar-refractivity contribution >= 4 is 5.97 Å². The van der Waals surface area contributed by atoms with Crippen molar-refractivity contribution in [2.45, 2.75) is 19.4 Å². The maximum Gasteiger partial charge on any atom is 0.313 e. The van der Waals surface area contributed by atoms with Gasteiger partial charge < -0.3 is 19.5 Å². The molecule has 5 nitrogen and oxygen atoms in total. The van der Waals surface area contributed by atoms with Crippen LogP contribution in [0.4, 0.5) is 0 Å². The van der Waals surface area contributed by atoms with Gasteiger partial charge in [-0.3, -0.25) is 4.79 Å². The predicted octanol–water partition coefficient (Wildman–Crippen LogP) is 2.01. The van der Waals surface area contributed by atoms with Gasteiger partial charge in [0, 0.05) is 19.7 Å². The summed E-state index contributed by atoms with van der Waals surface area (Å²) in [6, 6.07) is 7.83. The Morgan fingerprint density at radius 3 is 2.67 bits per heavy atom. The van der Waals surface area contributed by atoms with E-state index in [0.29, 0.717) is 32.7 Å². The van der Waals surface area contributed by atoms with Gasteiger partial charge in [-0.05, 0) is 37.6 Å². The monoisotopic (exact) mass is 293 g/mol. The van der Waals surface area contributed by atoms with Crippen LogP contribution in [0.15, 0.2) is 24.3 Å². The Balaban J connectivity index is 1.98. The molecule has 1 unspecified atom stereocenters.